The number of rotatable bonds is 10. The molecule has 5 nitrogen and oxygen atoms in total. The lowest BCUT2D eigenvalue weighted by Gasteiger charge is -2.15. The molecule has 0 unspecified atom stereocenters. The molecule has 5 heteroatoms. The van der Waals surface area contributed by atoms with Crippen molar-refractivity contribution in [2.75, 3.05) is 21.3 Å². The number of phenolic OH excluding ortho intramolecular Hbond substituents is 1. The quantitative estimate of drug-likeness (QED) is 0.523. The summed E-state index contributed by atoms with van der Waals surface area (Å²) < 4.78 is 15.5. The van der Waals surface area contributed by atoms with Crippen molar-refractivity contribution < 1.29 is 24.1 Å². The molecule has 124 valence electrons. The summed E-state index contributed by atoms with van der Waals surface area (Å²) in [5, 5.41) is 10.3. The van der Waals surface area contributed by atoms with Crippen molar-refractivity contribution in [1.29, 1.82) is 0 Å². The van der Waals surface area contributed by atoms with Crippen molar-refractivity contribution in [1.82, 2.24) is 0 Å². The fraction of sp³-hybridized carbons (Fsp3) is 0.588. The van der Waals surface area contributed by atoms with Gasteiger partial charge in [0.25, 0.3) is 0 Å². The molecule has 0 aromatic heterocycles. The van der Waals surface area contributed by atoms with Gasteiger partial charge < -0.3 is 19.3 Å². The van der Waals surface area contributed by atoms with Crippen molar-refractivity contribution in [3.8, 4) is 23.0 Å². The standard InChI is InChI=1S/C17H26O5/c1-5-6-7-8-9-10-12(18)15-13(20-2)11-14(21-3)17(22-4)16(15)19/h11,19H,5-10H2,1-4H3. The molecular weight excluding hydrogens is 284 g/mol. The summed E-state index contributed by atoms with van der Waals surface area (Å²) in [6.07, 6.45) is 5.66. The minimum absolute atomic E-state index is 0.146. The van der Waals surface area contributed by atoms with Crippen LogP contribution >= 0.6 is 0 Å². The summed E-state index contributed by atoms with van der Waals surface area (Å²) >= 11 is 0. The molecule has 1 aromatic carbocycles. The Morgan fingerprint density at radius 2 is 1.64 bits per heavy atom. The Balaban J connectivity index is 2.94. The topological polar surface area (TPSA) is 65.0 Å². The third kappa shape index (κ3) is 4.29. The van der Waals surface area contributed by atoms with Crippen LogP contribution in [-0.2, 0) is 0 Å². The molecule has 0 spiro atoms. The lowest BCUT2D eigenvalue weighted by atomic mass is 10.0. The van der Waals surface area contributed by atoms with Crippen LogP contribution in [0.1, 0.15) is 55.8 Å². The predicted molar refractivity (Wildman–Crippen MR) is 85.5 cm³/mol. The lowest BCUT2D eigenvalue weighted by molar-refractivity contribution is 0.0972. The number of hydrogen-bond donors (Lipinski definition) is 1. The maximum atomic E-state index is 12.4. The molecule has 0 aliphatic carbocycles. The highest BCUT2D eigenvalue weighted by atomic mass is 16.5. The third-order valence-corrected chi connectivity index (χ3v) is 3.61. The molecular formula is C17H26O5. The van der Waals surface area contributed by atoms with E-state index in [-0.39, 0.29) is 22.8 Å². The van der Waals surface area contributed by atoms with Crippen LogP contribution in [0.2, 0.25) is 0 Å². The van der Waals surface area contributed by atoms with Gasteiger partial charge in [0, 0.05) is 12.5 Å². The fourth-order valence-corrected chi connectivity index (χ4v) is 2.40. The van der Waals surface area contributed by atoms with Gasteiger partial charge in [0.15, 0.2) is 17.3 Å². The summed E-state index contributed by atoms with van der Waals surface area (Å²) in [5.41, 5.74) is 0.163. The molecule has 1 aromatic rings. The van der Waals surface area contributed by atoms with E-state index in [2.05, 4.69) is 6.92 Å². The normalized spacial score (nSPS) is 10.4. The largest absolute Gasteiger partial charge is 0.504 e. The zero-order valence-corrected chi connectivity index (χ0v) is 13.9. The van der Waals surface area contributed by atoms with Gasteiger partial charge in [-0.2, -0.15) is 0 Å². The number of aromatic hydroxyl groups is 1. The highest BCUT2D eigenvalue weighted by Crippen LogP contribution is 2.44. The van der Waals surface area contributed by atoms with Crippen LogP contribution in [0.3, 0.4) is 0 Å². The Hall–Kier alpha value is -1.91. The molecule has 0 fully saturated rings. The van der Waals surface area contributed by atoms with E-state index < -0.39 is 0 Å². The average Bonchev–Trinajstić information content (AvgIpc) is 2.53. The second-order valence-electron chi connectivity index (χ2n) is 5.13. The SMILES string of the molecule is CCCCCCCC(=O)c1c(OC)cc(OC)c(OC)c1O. The molecule has 0 aliphatic rings. The van der Waals surface area contributed by atoms with Gasteiger partial charge in [-0.25, -0.2) is 0 Å². The molecule has 0 radical (unpaired) electrons. The Kier molecular flexibility index (Phi) is 7.57. The summed E-state index contributed by atoms with van der Waals surface area (Å²) in [4.78, 5) is 12.4. The van der Waals surface area contributed by atoms with Crippen molar-refractivity contribution in [3.05, 3.63) is 11.6 Å². The van der Waals surface area contributed by atoms with E-state index in [0.29, 0.717) is 17.9 Å². The lowest BCUT2D eigenvalue weighted by Crippen LogP contribution is -2.05. The Morgan fingerprint density at radius 3 is 2.18 bits per heavy atom. The highest BCUT2D eigenvalue weighted by molar-refractivity contribution is 6.02. The number of carbonyl (C=O) groups excluding carboxylic acids is 1. The smallest absolute Gasteiger partial charge is 0.204 e. The predicted octanol–water partition coefficient (Wildman–Crippen LogP) is 3.96. The van der Waals surface area contributed by atoms with E-state index >= 15 is 0 Å². The van der Waals surface area contributed by atoms with E-state index in [4.69, 9.17) is 14.2 Å². The van der Waals surface area contributed by atoms with Crippen molar-refractivity contribution in [3.63, 3.8) is 0 Å². The van der Waals surface area contributed by atoms with Crippen LogP contribution < -0.4 is 14.2 Å². The van der Waals surface area contributed by atoms with Crippen molar-refractivity contribution in [2.45, 2.75) is 45.4 Å². The van der Waals surface area contributed by atoms with E-state index in [1.165, 1.54) is 27.8 Å². The van der Waals surface area contributed by atoms with Gasteiger partial charge in [-0.15, -0.1) is 0 Å². The van der Waals surface area contributed by atoms with E-state index in [9.17, 15) is 9.90 Å². The van der Waals surface area contributed by atoms with Crippen LogP contribution in [0.15, 0.2) is 6.07 Å². The van der Waals surface area contributed by atoms with Crippen molar-refractivity contribution >= 4 is 5.78 Å². The number of Topliss-reactive ketones (excluding diaryl/α,β-unsaturated/α-hetero) is 1. The number of carbonyl (C=O) groups is 1. The number of ketones is 1. The summed E-state index contributed by atoms with van der Waals surface area (Å²) in [7, 11) is 4.34. The molecule has 0 heterocycles. The molecule has 0 atom stereocenters. The molecule has 1 rings (SSSR count). The maximum absolute atomic E-state index is 12.4. The Bertz CT molecular complexity index is 496. The number of methoxy groups -OCH3 is 3. The van der Waals surface area contributed by atoms with Crippen LogP contribution in [0.4, 0.5) is 0 Å². The highest BCUT2D eigenvalue weighted by Gasteiger charge is 2.24. The van der Waals surface area contributed by atoms with E-state index in [0.717, 1.165) is 25.7 Å². The number of unbranched alkanes of at least 4 members (excludes halogenated alkanes) is 4. The van der Waals surface area contributed by atoms with E-state index in [1.54, 1.807) is 6.07 Å². The molecule has 0 saturated heterocycles. The van der Waals surface area contributed by atoms with Gasteiger partial charge in [-0.05, 0) is 6.42 Å². The molecule has 0 bridgehead atoms. The maximum Gasteiger partial charge on any atom is 0.204 e. The third-order valence-electron chi connectivity index (χ3n) is 3.61. The number of hydrogen-bond acceptors (Lipinski definition) is 5. The van der Waals surface area contributed by atoms with Gasteiger partial charge in [-0.1, -0.05) is 32.6 Å². The first-order valence-corrected chi connectivity index (χ1v) is 7.65. The fourth-order valence-electron chi connectivity index (χ4n) is 2.40. The van der Waals surface area contributed by atoms with Crippen LogP contribution in [-0.4, -0.2) is 32.2 Å². The molecule has 22 heavy (non-hydrogen) atoms. The number of phenols is 1. The molecule has 0 saturated carbocycles. The summed E-state index contributed by atoms with van der Waals surface area (Å²) in [6.45, 7) is 2.15. The second kappa shape index (κ2) is 9.18. The minimum atomic E-state index is -0.225. The number of benzene rings is 1. The van der Waals surface area contributed by atoms with Crippen LogP contribution in [0.25, 0.3) is 0 Å². The molecule has 0 amide bonds. The van der Waals surface area contributed by atoms with Crippen molar-refractivity contribution in [2.24, 2.45) is 0 Å². The zero-order valence-electron chi connectivity index (χ0n) is 13.9. The first kappa shape index (κ1) is 18.1. The zero-order chi connectivity index (χ0) is 16.5. The molecule has 1 N–H and O–H groups in total. The monoisotopic (exact) mass is 310 g/mol. The van der Waals surface area contributed by atoms with Crippen LogP contribution in [0.5, 0.6) is 23.0 Å². The van der Waals surface area contributed by atoms with Gasteiger partial charge in [0.1, 0.15) is 11.3 Å². The molecule has 0 aliphatic heterocycles. The van der Waals surface area contributed by atoms with Gasteiger partial charge in [-0.3, -0.25) is 4.79 Å². The summed E-state index contributed by atoms with van der Waals surface area (Å²) in [6, 6.07) is 1.56. The van der Waals surface area contributed by atoms with Gasteiger partial charge >= 0.3 is 0 Å². The Morgan fingerprint density at radius 1 is 1.00 bits per heavy atom. The first-order chi connectivity index (χ1) is 10.6. The van der Waals surface area contributed by atoms with Gasteiger partial charge in [0.2, 0.25) is 5.75 Å². The number of ether oxygens (including phenoxy) is 3. The van der Waals surface area contributed by atoms with Crippen LogP contribution in [0, 0.1) is 0 Å². The Labute approximate surface area is 132 Å². The average molecular weight is 310 g/mol. The minimum Gasteiger partial charge on any atom is -0.504 e. The first-order valence-electron chi connectivity index (χ1n) is 7.65. The summed E-state index contributed by atoms with van der Waals surface area (Å²) in [5.74, 6) is 0.409. The second-order valence-corrected chi connectivity index (χ2v) is 5.13. The van der Waals surface area contributed by atoms with Gasteiger partial charge in [0.05, 0.1) is 21.3 Å². The van der Waals surface area contributed by atoms with E-state index in [1.807, 2.05) is 0 Å².